The summed E-state index contributed by atoms with van der Waals surface area (Å²) in [4.78, 5) is 17.9. The minimum Gasteiger partial charge on any atom is -0.317 e. The van der Waals surface area contributed by atoms with Gasteiger partial charge in [0.25, 0.3) is 0 Å². The van der Waals surface area contributed by atoms with Crippen LogP contribution >= 0.6 is 0 Å². The van der Waals surface area contributed by atoms with Gasteiger partial charge < -0.3 is 10.2 Å². The Morgan fingerprint density at radius 1 is 1.16 bits per heavy atom. The number of piperazine rings is 1. The molecule has 1 aromatic heterocycles. The summed E-state index contributed by atoms with van der Waals surface area (Å²) >= 11 is 0. The van der Waals surface area contributed by atoms with Crippen molar-refractivity contribution in [2.24, 2.45) is 7.05 Å². The van der Waals surface area contributed by atoms with Crippen molar-refractivity contribution in [3.8, 4) is 0 Å². The van der Waals surface area contributed by atoms with E-state index < -0.39 is 5.54 Å². The largest absolute Gasteiger partial charge is 0.317 e. The van der Waals surface area contributed by atoms with Crippen molar-refractivity contribution in [2.75, 3.05) is 31.1 Å². The number of anilines is 1. The van der Waals surface area contributed by atoms with Crippen LogP contribution in [0, 0.1) is 0 Å². The Morgan fingerprint density at radius 2 is 1.92 bits per heavy atom. The summed E-state index contributed by atoms with van der Waals surface area (Å²) in [5, 5.41) is 7.65. The molecule has 1 spiro atoms. The SMILES string of the molecule is Cn1cc(N2CCN(Cc3ccccc3)C3(CCNCC3)C2=O)cn1. The molecule has 1 N–H and O–H groups in total. The van der Waals surface area contributed by atoms with Gasteiger partial charge in [0, 0.05) is 32.9 Å². The van der Waals surface area contributed by atoms with E-state index in [9.17, 15) is 4.79 Å². The Kier molecular flexibility index (Phi) is 4.31. The van der Waals surface area contributed by atoms with Crippen molar-refractivity contribution in [3.63, 3.8) is 0 Å². The van der Waals surface area contributed by atoms with E-state index >= 15 is 0 Å². The first-order valence-electron chi connectivity index (χ1n) is 8.99. The van der Waals surface area contributed by atoms with Gasteiger partial charge in [-0.15, -0.1) is 0 Å². The number of carbonyl (C=O) groups excluding carboxylic acids is 1. The maximum absolute atomic E-state index is 13.5. The zero-order chi connectivity index (χ0) is 17.3. The van der Waals surface area contributed by atoms with Gasteiger partial charge in [-0.3, -0.25) is 14.4 Å². The van der Waals surface area contributed by atoms with Crippen LogP contribution in [0.4, 0.5) is 5.69 Å². The molecule has 0 atom stereocenters. The molecule has 0 radical (unpaired) electrons. The molecule has 0 unspecified atom stereocenters. The van der Waals surface area contributed by atoms with E-state index in [0.717, 1.165) is 44.7 Å². The minimum absolute atomic E-state index is 0.226. The Bertz CT molecular complexity index is 735. The Hall–Kier alpha value is -2.18. The zero-order valence-corrected chi connectivity index (χ0v) is 14.7. The molecule has 1 amide bonds. The second kappa shape index (κ2) is 6.61. The normalized spacial score (nSPS) is 21.0. The summed E-state index contributed by atoms with van der Waals surface area (Å²) in [5.41, 5.74) is 1.77. The molecule has 0 saturated carbocycles. The van der Waals surface area contributed by atoms with Crippen LogP contribution < -0.4 is 10.2 Å². The van der Waals surface area contributed by atoms with E-state index in [1.54, 1.807) is 10.9 Å². The second-order valence-corrected chi connectivity index (χ2v) is 7.02. The molecule has 6 heteroatoms. The summed E-state index contributed by atoms with van der Waals surface area (Å²) in [5.74, 6) is 0.226. The van der Waals surface area contributed by atoms with E-state index in [2.05, 4.69) is 39.6 Å². The van der Waals surface area contributed by atoms with Crippen molar-refractivity contribution in [1.82, 2.24) is 20.0 Å². The van der Waals surface area contributed by atoms with Crippen LogP contribution in [0.25, 0.3) is 0 Å². The average Bonchev–Trinajstić information content (AvgIpc) is 3.07. The lowest BCUT2D eigenvalue weighted by Gasteiger charge is -2.51. The van der Waals surface area contributed by atoms with Crippen molar-refractivity contribution >= 4 is 11.6 Å². The maximum Gasteiger partial charge on any atom is 0.247 e. The Balaban J connectivity index is 1.64. The quantitative estimate of drug-likeness (QED) is 0.918. The van der Waals surface area contributed by atoms with Crippen LogP contribution in [0.2, 0.25) is 0 Å². The molecule has 25 heavy (non-hydrogen) atoms. The maximum atomic E-state index is 13.5. The molecule has 0 aliphatic carbocycles. The molecule has 4 rings (SSSR count). The predicted octanol–water partition coefficient (Wildman–Crippen LogP) is 1.39. The lowest BCUT2D eigenvalue weighted by Crippen LogP contribution is -2.68. The monoisotopic (exact) mass is 339 g/mol. The van der Waals surface area contributed by atoms with Crippen LogP contribution in [0.15, 0.2) is 42.7 Å². The number of aryl methyl sites for hydroxylation is 1. The summed E-state index contributed by atoms with van der Waals surface area (Å²) in [6.07, 6.45) is 5.43. The highest BCUT2D eigenvalue weighted by atomic mass is 16.2. The summed E-state index contributed by atoms with van der Waals surface area (Å²) in [6.45, 7) is 4.20. The van der Waals surface area contributed by atoms with Crippen molar-refractivity contribution in [1.29, 1.82) is 0 Å². The van der Waals surface area contributed by atoms with Gasteiger partial charge in [0.05, 0.1) is 11.9 Å². The average molecular weight is 339 g/mol. The molecular weight excluding hydrogens is 314 g/mol. The third-order valence-electron chi connectivity index (χ3n) is 5.49. The molecule has 6 nitrogen and oxygen atoms in total. The lowest BCUT2D eigenvalue weighted by atomic mass is 9.82. The number of rotatable bonds is 3. The van der Waals surface area contributed by atoms with Crippen LogP contribution in [0.3, 0.4) is 0 Å². The highest BCUT2D eigenvalue weighted by Gasteiger charge is 2.50. The molecule has 2 aromatic rings. The minimum atomic E-state index is -0.408. The van der Waals surface area contributed by atoms with Crippen LogP contribution in [-0.4, -0.2) is 52.3 Å². The van der Waals surface area contributed by atoms with Gasteiger partial charge in [0.1, 0.15) is 5.54 Å². The van der Waals surface area contributed by atoms with Gasteiger partial charge in [-0.25, -0.2) is 0 Å². The standard InChI is InChI=1S/C19H25N5O/c1-22-15-17(13-21-22)24-12-11-23(14-16-5-3-2-4-6-16)19(18(24)25)7-9-20-10-8-19/h2-6,13,15,20H,7-12,14H2,1H3. The number of carbonyl (C=O) groups is 1. The first-order valence-corrected chi connectivity index (χ1v) is 8.99. The molecule has 3 heterocycles. The van der Waals surface area contributed by atoms with Gasteiger partial charge in [0.15, 0.2) is 0 Å². The van der Waals surface area contributed by atoms with E-state index in [4.69, 9.17) is 0 Å². The summed E-state index contributed by atoms with van der Waals surface area (Å²) in [6, 6.07) is 10.5. The molecule has 2 aliphatic heterocycles. The number of hydrogen-bond donors (Lipinski definition) is 1. The topological polar surface area (TPSA) is 53.4 Å². The number of piperidine rings is 1. The number of nitrogens with zero attached hydrogens (tertiary/aromatic N) is 4. The third-order valence-corrected chi connectivity index (χ3v) is 5.49. The fourth-order valence-corrected chi connectivity index (χ4v) is 4.12. The Labute approximate surface area is 148 Å². The van der Waals surface area contributed by atoms with Crippen molar-refractivity contribution in [2.45, 2.75) is 24.9 Å². The van der Waals surface area contributed by atoms with Crippen molar-refractivity contribution in [3.05, 3.63) is 48.3 Å². The number of amides is 1. The fraction of sp³-hybridized carbons (Fsp3) is 0.474. The molecule has 2 fully saturated rings. The molecule has 2 saturated heterocycles. The highest BCUT2D eigenvalue weighted by molar-refractivity contribution is 6.01. The molecule has 2 aliphatic rings. The molecule has 1 aromatic carbocycles. The summed E-state index contributed by atoms with van der Waals surface area (Å²) in [7, 11) is 1.89. The van der Waals surface area contributed by atoms with Gasteiger partial charge >= 0.3 is 0 Å². The third kappa shape index (κ3) is 2.96. The van der Waals surface area contributed by atoms with Gasteiger partial charge in [-0.2, -0.15) is 5.10 Å². The smallest absolute Gasteiger partial charge is 0.247 e. The van der Waals surface area contributed by atoms with E-state index in [0.29, 0.717) is 6.54 Å². The summed E-state index contributed by atoms with van der Waals surface area (Å²) < 4.78 is 1.76. The van der Waals surface area contributed by atoms with E-state index in [1.165, 1.54) is 5.56 Å². The van der Waals surface area contributed by atoms with E-state index in [-0.39, 0.29) is 5.91 Å². The van der Waals surface area contributed by atoms with Crippen LogP contribution in [-0.2, 0) is 18.4 Å². The molecule has 0 bridgehead atoms. The fourth-order valence-electron chi connectivity index (χ4n) is 4.12. The van der Waals surface area contributed by atoms with Crippen LogP contribution in [0.1, 0.15) is 18.4 Å². The van der Waals surface area contributed by atoms with Crippen LogP contribution in [0.5, 0.6) is 0 Å². The molecule has 132 valence electrons. The van der Waals surface area contributed by atoms with Crippen molar-refractivity contribution < 1.29 is 4.79 Å². The first-order chi connectivity index (χ1) is 12.2. The number of hydrogen-bond acceptors (Lipinski definition) is 4. The Morgan fingerprint density at radius 3 is 2.60 bits per heavy atom. The molecular formula is C19H25N5O. The van der Waals surface area contributed by atoms with Gasteiger partial charge in [-0.05, 0) is 31.5 Å². The van der Waals surface area contributed by atoms with E-state index in [1.807, 2.05) is 24.2 Å². The zero-order valence-electron chi connectivity index (χ0n) is 14.7. The highest BCUT2D eigenvalue weighted by Crippen LogP contribution is 2.35. The predicted molar refractivity (Wildman–Crippen MR) is 97.2 cm³/mol. The first kappa shape index (κ1) is 16.3. The lowest BCUT2D eigenvalue weighted by molar-refractivity contribution is -0.136. The number of aromatic nitrogens is 2. The van der Waals surface area contributed by atoms with Gasteiger partial charge in [-0.1, -0.05) is 30.3 Å². The number of nitrogens with one attached hydrogen (secondary N) is 1. The second-order valence-electron chi connectivity index (χ2n) is 7.02. The number of benzene rings is 1. The van der Waals surface area contributed by atoms with Gasteiger partial charge in [0.2, 0.25) is 5.91 Å².